The van der Waals surface area contributed by atoms with Crippen LogP contribution in [0.2, 0.25) is 0 Å². The van der Waals surface area contributed by atoms with Crippen molar-refractivity contribution in [3.8, 4) is 0 Å². The minimum atomic E-state index is -0.991. The summed E-state index contributed by atoms with van der Waals surface area (Å²) in [5.41, 5.74) is 0.830. The van der Waals surface area contributed by atoms with Crippen LogP contribution in [-0.2, 0) is 30.3 Å². The third-order valence-corrected chi connectivity index (χ3v) is 12.3. The van der Waals surface area contributed by atoms with Crippen LogP contribution in [0.25, 0.3) is 0 Å². The fourth-order valence-corrected chi connectivity index (χ4v) is 7.98. The average molecular weight is 828 g/mol. The van der Waals surface area contributed by atoms with E-state index in [-0.39, 0.29) is 48.1 Å². The molecular formula is C42H65N7O8S. The fraction of sp³-hybridized carbons (Fsp3) is 0.643. The Morgan fingerprint density at radius 2 is 1.69 bits per heavy atom. The molecule has 5 amide bonds. The van der Waals surface area contributed by atoms with Crippen molar-refractivity contribution in [2.24, 2.45) is 17.8 Å². The van der Waals surface area contributed by atoms with Crippen LogP contribution in [-0.4, -0.2) is 106 Å². The van der Waals surface area contributed by atoms with E-state index in [9.17, 15) is 33.9 Å². The predicted molar refractivity (Wildman–Crippen MR) is 224 cm³/mol. The van der Waals surface area contributed by atoms with E-state index in [4.69, 9.17) is 4.74 Å². The second-order valence-corrected chi connectivity index (χ2v) is 17.0. The number of hydrogen-bond donors (Lipinski definition) is 5. The first-order valence-electron chi connectivity index (χ1n) is 20.5. The van der Waals surface area contributed by atoms with Gasteiger partial charge in [0.1, 0.15) is 16.7 Å². The number of likely N-dealkylation sites (tertiary alicyclic amines) is 1. The number of carbonyl (C=O) groups is 6. The minimum absolute atomic E-state index is 0.0746. The number of carboxylic acids is 1. The maximum Gasteiger partial charge on any atom is 0.407 e. The zero-order valence-corrected chi connectivity index (χ0v) is 36.7. The van der Waals surface area contributed by atoms with Crippen molar-refractivity contribution in [3.63, 3.8) is 0 Å². The molecule has 3 rings (SSSR count). The summed E-state index contributed by atoms with van der Waals surface area (Å²) in [6, 6.07) is 5.36. The first kappa shape index (κ1) is 47.8. The first-order chi connectivity index (χ1) is 27.3. The molecule has 5 N–H and O–H groups in total. The van der Waals surface area contributed by atoms with Crippen LogP contribution < -0.4 is 21.3 Å². The number of hydrogen-bond acceptors (Lipinski definition) is 10. The van der Waals surface area contributed by atoms with E-state index in [0.717, 1.165) is 29.9 Å². The largest absolute Gasteiger partial charge is 0.481 e. The van der Waals surface area contributed by atoms with Crippen molar-refractivity contribution in [2.75, 3.05) is 32.5 Å². The third-order valence-electron chi connectivity index (χ3n) is 11.4. The number of ether oxygens (including phenoxy) is 1. The van der Waals surface area contributed by atoms with Crippen LogP contribution in [0, 0.1) is 17.8 Å². The lowest BCUT2D eigenvalue weighted by atomic mass is 9.91. The van der Waals surface area contributed by atoms with E-state index >= 15 is 0 Å². The molecule has 1 fully saturated rings. The molecule has 2 aromatic rings. The Labute approximate surface area is 347 Å². The highest BCUT2D eigenvalue weighted by Gasteiger charge is 2.44. The van der Waals surface area contributed by atoms with Gasteiger partial charge >= 0.3 is 12.1 Å². The molecule has 58 heavy (non-hydrogen) atoms. The highest BCUT2D eigenvalue weighted by molar-refractivity contribution is 7.09. The van der Waals surface area contributed by atoms with Crippen LogP contribution in [0.1, 0.15) is 121 Å². The summed E-state index contributed by atoms with van der Waals surface area (Å²) in [6.07, 6.45) is 1.64. The molecule has 15 nitrogen and oxygen atoms in total. The molecule has 0 aliphatic carbocycles. The van der Waals surface area contributed by atoms with Gasteiger partial charge in [0.2, 0.25) is 17.7 Å². The van der Waals surface area contributed by atoms with Crippen molar-refractivity contribution in [1.82, 2.24) is 30.7 Å². The van der Waals surface area contributed by atoms with E-state index in [0.29, 0.717) is 42.9 Å². The Kier molecular flexibility index (Phi) is 18.1. The maximum absolute atomic E-state index is 14.3. The van der Waals surface area contributed by atoms with E-state index < -0.39 is 53.7 Å². The van der Waals surface area contributed by atoms with E-state index in [1.807, 2.05) is 58.7 Å². The second kappa shape index (κ2) is 22.0. The van der Waals surface area contributed by atoms with Crippen LogP contribution in [0.5, 0.6) is 0 Å². The standard InChI is InChI=1S/C42H65N7O8S/c1-11-26(6)35(47-40(55)42(8)19-14-20-48(42)9)38(52)49(10)32(25(4)5)23-33(57-41(56)43-13-3)37-46-31(24-58-37)36(51)45-30(21-27(7)39(53)54)22-28-15-17-29(18-16-28)44-34(50)12-2/h15-18,24-27,30,32-33,35H,11-14,19-23H2,1-10H3,(H,43,56)(H,44,50)(H,45,51)(H,47,55)(H,53,54)/t26-,27-,30+,32+,33+,35-,42+/m0/s1. The molecule has 1 saturated heterocycles. The Morgan fingerprint density at radius 3 is 2.24 bits per heavy atom. The summed E-state index contributed by atoms with van der Waals surface area (Å²) < 4.78 is 5.91. The van der Waals surface area contributed by atoms with Crippen LogP contribution in [0.15, 0.2) is 29.6 Å². The van der Waals surface area contributed by atoms with Gasteiger partial charge in [0.15, 0.2) is 6.10 Å². The van der Waals surface area contributed by atoms with Gasteiger partial charge in [-0.2, -0.15) is 0 Å². The number of anilines is 1. The number of nitrogens with zero attached hydrogens (tertiary/aromatic N) is 3. The number of rotatable bonds is 21. The van der Waals surface area contributed by atoms with Gasteiger partial charge in [-0.1, -0.05) is 60.1 Å². The third kappa shape index (κ3) is 13.0. The molecule has 0 unspecified atom stereocenters. The molecule has 16 heteroatoms. The zero-order chi connectivity index (χ0) is 43.3. The lowest BCUT2D eigenvalue weighted by Gasteiger charge is -2.38. The summed E-state index contributed by atoms with van der Waals surface area (Å²) in [4.78, 5) is 86.5. The molecular weight excluding hydrogens is 763 g/mol. The molecule has 1 aromatic carbocycles. The quantitative estimate of drug-likeness (QED) is 0.105. The minimum Gasteiger partial charge on any atom is -0.481 e. The topological polar surface area (TPSA) is 199 Å². The van der Waals surface area contributed by atoms with Gasteiger partial charge in [-0.25, -0.2) is 9.78 Å². The normalized spacial score (nSPS) is 18.6. The van der Waals surface area contributed by atoms with Gasteiger partial charge in [-0.05, 0) is 82.7 Å². The van der Waals surface area contributed by atoms with Gasteiger partial charge in [-0.15, -0.1) is 11.3 Å². The molecule has 2 heterocycles. The van der Waals surface area contributed by atoms with Gasteiger partial charge < -0.3 is 36.0 Å². The molecule has 1 aliphatic heterocycles. The highest BCUT2D eigenvalue weighted by Crippen LogP contribution is 2.32. The predicted octanol–water partition coefficient (Wildman–Crippen LogP) is 5.62. The second-order valence-electron chi connectivity index (χ2n) is 16.1. The number of aliphatic carboxylic acids is 1. The molecule has 322 valence electrons. The lowest BCUT2D eigenvalue weighted by Crippen LogP contribution is -2.60. The van der Waals surface area contributed by atoms with Crippen molar-refractivity contribution in [3.05, 3.63) is 45.9 Å². The van der Waals surface area contributed by atoms with E-state index in [2.05, 4.69) is 26.3 Å². The number of nitrogens with one attached hydrogen (secondary N) is 4. The van der Waals surface area contributed by atoms with Crippen LogP contribution in [0.3, 0.4) is 0 Å². The van der Waals surface area contributed by atoms with Crippen LogP contribution >= 0.6 is 11.3 Å². The summed E-state index contributed by atoms with van der Waals surface area (Å²) in [5.74, 6) is -3.05. The summed E-state index contributed by atoms with van der Waals surface area (Å²) in [5, 5.41) is 23.1. The van der Waals surface area contributed by atoms with Crippen molar-refractivity contribution >= 4 is 52.7 Å². The number of benzene rings is 1. The van der Waals surface area contributed by atoms with Crippen molar-refractivity contribution in [1.29, 1.82) is 0 Å². The molecule has 7 atom stereocenters. The number of carboxylic acid groups (broad SMARTS) is 1. The molecule has 0 saturated carbocycles. The number of thiazole rings is 1. The van der Waals surface area contributed by atoms with E-state index in [1.165, 1.54) is 0 Å². The molecule has 1 aromatic heterocycles. The first-order valence-corrected chi connectivity index (χ1v) is 21.3. The Hall–Kier alpha value is -4.57. The monoisotopic (exact) mass is 827 g/mol. The molecule has 1 aliphatic rings. The smallest absolute Gasteiger partial charge is 0.407 e. The number of likely N-dealkylation sites (N-methyl/N-ethyl adjacent to an activating group) is 2. The van der Waals surface area contributed by atoms with Gasteiger partial charge in [0, 0.05) is 49.6 Å². The number of aromatic nitrogens is 1. The Morgan fingerprint density at radius 1 is 1.02 bits per heavy atom. The SMILES string of the molecule is CCNC(=O)O[C@H](C[C@H](C(C)C)N(C)C(=O)[C@@H](NC(=O)[C@@]1(C)CCCN1C)[C@@H](C)CC)c1nc(C(=O)N[C@@H](Cc2ccc(NC(=O)CC)cc2)C[C@H](C)C(=O)O)cs1. The highest BCUT2D eigenvalue weighted by atomic mass is 32.1. The zero-order valence-electron chi connectivity index (χ0n) is 35.8. The molecule has 0 bridgehead atoms. The van der Waals surface area contributed by atoms with Gasteiger partial charge in [-0.3, -0.25) is 28.9 Å². The fourth-order valence-electron chi connectivity index (χ4n) is 7.14. The Bertz CT molecular complexity index is 1720. The number of amides is 5. The maximum atomic E-state index is 14.3. The summed E-state index contributed by atoms with van der Waals surface area (Å²) >= 11 is 1.14. The number of alkyl carbamates (subject to hydrolysis) is 1. The number of carbonyl (C=O) groups excluding carboxylic acids is 5. The van der Waals surface area contributed by atoms with Crippen molar-refractivity contribution < 1.29 is 38.6 Å². The van der Waals surface area contributed by atoms with E-state index in [1.54, 1.807) is 50.2 Å². The van der Waals surface area contributed by atoms with Gasteiger partial charge in [0.25, 0.3) is 5.91 Å². The Balaban J connectivity index is 1.87. The van der Waals surface area contributed by atoms with Crippen molar-refractivity contribution in [2.45, 2.75) is 130 Å². The van der Waals surface area contributed by atoms with Gasteiger partial charge in [0.05, 0.1) is 11.5 Å². The lowest BCUT2D eigenvalue weighted by molar-refractivity contribution is -0.142. The molecule has 0 radical (unpaired) electrons. The summed E-state index contributed by atoms with van der Waals surface area (Å²) in [7, 11) is 3.63. The summed E-state index contributed by atoms with van der Waals surface area (Å²) in [6.45, 7) is 16.0. The average Bonchev–Trinajstić information content (AvgIpc) is 3.82. The van der Waals surface area contributed by atoms with Crippen LogP contribution in [0.4, 0.5) is 10.5 Å². The molecule has 0 spiro atoms.